The number of anilines is 1. The topological polar surface area (TPSA) is 55.6 Å². The van der Waals surface area contributed by atoms with E-state index in [2.05, 4.69) is 0 Å². The Morgan fingerprint density at radius 2 is 2.33 bits per heavy atom. The van der Waals surface area contributed by atoms with Gasteiger partial charge >= 0.3 is 0 Å². The lowest BCUT2D eigenvalue weighted by Gasteiger charge is -2.21. The Morgan fingerprint density at radius 3 is 3.14 bits per heavy atom. The Balaban J connectivity index is 1.95. The Kier molecular flexibility index (Phi) is 4.06. The van der Waals surface area contributed by atoms with Crippen molar-refractivity contribution >= 4 is 44.6 Å². The van der Waals surface area contributed by atoms with Gasteiger partial charge in [0.15, 0.2) is 0 Å². The average molecular weight is 325 g/mol. The molecule has 1 aromatic heterocycles. The van der Waals surface area contributed by atoms with Gasteiger partial charge in [0.05, 0.1) is 11.8 Å². The number of amides is 1. The van der Waals surface area contributed by atoms with E-state index < -0.39 is 0 Å². The SMILES string of the molecule is CC1CN(C(=O)c2sc3cc(Cl)ccc3c2N)CCCO1. The van der Waals surface area contributed by atoms with Crippen LogP contribution in [-0.4, -0.2) is 36.6 Å². The molecule has 0 bridgehead atoms. The molecule has 1 amide bonds. The van der Waals surface area contributed by atoms with E-state index in [1.165, 1.54) is 11.3 Å². The number of benzene rings is 1. The number of nitrogen functional groups attached to an aromatic ring is 1. The quantitative estimate of drug-likeness (QED) is 0.874. The van der Waals surface area contributed by atoms with Crippen molar-refractivity contribution in [1.29, 1.82) is 0 Å². The van der Waals surface area contributed by atoms with Gasteiger partial charge in [-0.2, -0.15) is 0 Å². The minimum Gasteiger partial charge on any atom is -0.397 e. The summed E-state index contributed by atoms with van der Waals surface area (Å²) < 4.78 is 6.53. The number of carbonyl (C=O) groups is 1. The van der Waals surface area contributed by atoms with Crippen LogP contribution in [0.15, 0.2) is 18.2 Å². The van der Waals surface area contributed by atoms with E-state index in [4.69, 9.17) is 22.1 Å². The summed E-state index contributed by atoms with van der Waals surface area (Å²) >= 11 is 7.41. The van der Waals surface area contributed by atoms with Crippen LogP contribution in [0, 0.1) is 0 Å². The fourth-order valence-electron chi connectivity index (χ4n) is 2.57. The van der Waals surface area contributed by atoms with Gasteiger partial charge in [-0.1, -0.05) is 11.6 Å². The number of nitrogens with two attached hydrogens (primary N) is 1. The number of fused-ring (bicyclic) bond motifs is 1. The Labute approximate surface area is 132 Å². The van der Waals surface area contributed by atoms with Gasteiger partial charge in [-0.05, 0) is 31.5 Å². The van der Waals surface area contributed by atoms with Crippen molar-refractivity contribution in [3.05, 3.63) is 28.1 Å². The first-order valence-corrected chi connectivity index (χ1v) is 8.14. The molecule has 1 fully saturated rings. The van der Waals surface area contributed by atoms with Crippen molar-refractivity contribution in [3.8, 4) is 0 Å². The summed E-state index contributed by atoms with van der Waals surface area (Å²) in [7, 11) is 0. The third-order valence-electron chi connectivity index (χ3n) is 3.62. The molecular formula is C15H17ClN2O2S. The van der Waals surface area contributed by atoms with E-state index in [0.717, 1.165) is 16.5 Å². The van der Waals surface area contributed by atoms with E-state index in [1.807, 2.05) is 24.0 Å². The second kappa shape index (κ2) is 5.83. The van der Waals surface area contributed by atoms with Crippen molar-refractivity contribution in [3.63, 3.8) is 0 Å². The lowest BCUT2D eigenvalue weighted by Crippen LogP contribution is -2.35. The lowest BCUT2D eigenvalue weighted by atomic mass is 10.2. The molecule has 2 heterocycles. The monoisotopic (exact) mass is 324 g/mol. The van der Waals surface area contributed by atoms with Crippen LogP contribution in [-0.2, 0) is 4.74 Å². The average Bonchev–Trinajstić information content (AvgIpc) is 2.63. The minimum atomic E-state index is -0.0119. The second-order valence-corrected chi connectivity index (χ2v) is 6.76. The Morgan fingerprint density at radius 1 is 1.52 bits per heavy atom. The van der Waals surface area contributed by atoms with Gasteiger partial charge in [0.25, 0.3) is 5.91 Å². The molecule has 1 aliphatic heterocycles. The van der Waals surface area contributed by atoms with Gasteiger partial charge in [0.1, 0.15) is 4.88 Å². The van der Waals surface area contributed by atoms with Crippen molar-refractivity contribution in [2.75, 3.05) is 25.4 Å². The normalized spacial score (nSPS) is 19.7. The van der Waals surface area contributed by atoms with Gasteiger partial charge in [0, 0.05) is 34.8 Å². The predicted molar refractivity (Wildman–Crippen MR) is 87.2 cm³/mol. The number of hydrogen-bond donors (Lipinski definition) is 1. The molecule has 2 N–H and O–H groups in total. The molecule has 1 aliphatic rings. The molecule has 1 unspecified atom stereocenters. The highest BCUT2D eigenvalue weighted by Gasteiger charge is 2.25. The molecular weight excluding hydrogens is 308 g/mol. The van der Waals surface area contributed by atoms with E-state index in [1.54, 1.807) is 6.07 Å². The maximum absolute atomic E-state index is 12.7. The number of ether oxygens (including phenoxy) is 1. The number of rotatable bonds is 1. The summed E-state index contributed by atoms with van der Waals surface area (Å²) in [5.41, 5.74) is 6.71. The summed E-state index contributed by atoms with van der Waals surface area (Å²) in [6.07, 6.45) is 0.911. The summed E-state index contributed by atoms with van der Waals surface area (Å²) in [6.45, 7) is 3.99. The Hall–Kier alpha value is -1.30. The van der Waals surface area contributed by atoms with E-state index in [-0.39, 0.29) is 12.0 Å². The zero-order chi connectivity index (χ0) is 15.0. The summed E-state index contributed by atoms with van der Waals surface area (Å²) in [6, 6.07) is 5.51. The first kappa shape index (κ1) is 14.6. The van der Waals surface area contributed by atoms with Crippen LogP contribution in [0.3, 0.4) is 0 Å². The standard InChI is InChI=1S/C15H17ClN2O2S/c1-9-8-18(5-2-6-20-9)15(19)14-13(17)11-4-3-10(16)7-12(11)21-14/h3-4,7,9H,2,5-6,8,17H2,1H3. The number of thiophene rings is 1. The molecule has 21 heavy (non-hydrogen) atoms. The summed E-state index contributed by atoms with van der Waals surface area (Å²) in [4.78, 5) is 15.2. The van der Waals surface area contributed by atoms with Gasteiger partial charge < -0.3 is 15.4 Å². The largest absolute Gasteiger partial charge is 0.397 e. The van der Waals surface area contributed by atoms with Gasteiger partial charge in [-0.15, -0.1) is 11.3 Å². The fraction of sp³-hybridized carbons (Fsp3) is 0.400. The minimum absolute atomic E-state index is 0.0119. The predicted octanol–water partition coefficient (Wildman–Crippen LogP) is 3.39. The highest BCUT2D eigenvalue weighted by molar-refractivity contribution is 7.21. The number of hydrogen-bond acceptors (Lipinski definition) is 4. The number of nitrogens with zero attached hydrogens (tertiary/aromatic N) is 1. The first-order chi connectivity index (χ1) is 10.1. The highest BCUT2D eigenvalue weighted by atomic mass is 35.5. The van der Waals surface area contributed by atoms with E-state index in [9.17, 15) is 4.79 Å². The van der Waals surface area contributed by atoms with Gasteiger partial charge in [-0.25, -0.2) is 0 Å². The number of halogens is 1. The van der Waals surface area contributed by atoms with Crippen LogP contribution in [0.2, 0.25) is 5.02 Å². The Bertz CT molecular complexity index is 686. The fourth-order valence-corrected chi connectivity index (χ4v) is 3.94. The maximum atomic E-state index is 12.7. The van der Waals surface area contributed by atoms with Crippen LogP contribution in [0.1, 0.15) is 23.0 Å². The molecule has 6 heteroatoms. The molecule has 0 saturated carbocycles. The summed E-state index contributed by atoms with van der Waals surface area (Å²) in [5.74, 6) is -0.0119. The van der Waals surface area contributed by atoms with Crippen molar-refractivity contribution in [2.45, 2.75) is 19.4 Å². The van der Waals surface area contributed by atoms with Crippen molar-refractivity contribution < 1.29 is 9.53 Å². The number of carbonyl (C=O) groups excluding carboxylic acids is 1. The molecule has 2 aromatic rings. The zero-order valence-corrected chi connectivity index (χ0v) is 13.3. The maximum Gasteiger partial charge on any atom is 0.266 e. The molecule has 112 valence electrons. The van der Waals surface area contributed by atoms with Crippen LogP contribution < -0.4 is 5.73 Å². The third-order valence-corrected chi connectivity index (χ3v) is 5.02. The molecule has 4 nitrogen and oxygen atoms in total. The van der Waals surface area contributed by atoms with Crippen LogP contribution in [0.5, 0.6) is 0 Å². The second-order valence-electron chi connectivity index (χ2n) is 5.27. The highest BCUT2D eigenvalue weighted by Crippen LogP contribution is 2.36. The summed E-state index contributed by atoms with van der Waals surface area (Å²) in [5, 5.41) is 1.55. The molecule has 1 saturated heterocycles. The molecule has 3 rings (SSSR count). The van der Waals surface area contributed by atoms with Crippen LogP contribution in [0.25, 0.3) is 10.1 Å². The van der Waals surface area contributed by atoms with E-state index in [0.29, 0.717) is 35.3 Å². The smallest absolute Gasteiger partial charge is 0.266 e. The molecule has 1 atom stereocenters. The van der Waals surface area contributed by atoms with Crippen LogP contribution >= 0.6 is 22.9 Å². The molecule has 0 spiro atoms. The first-order valence-electron chi connectivity index (χ1n) is 6.94. The molecule has 0 radical (unpaired) electrons. The zero-order valence-electron chi connectivity index (χ0n) is 11.8. The van der Waals surface area contributed by atoms with Crippen LogP contribution in [0.4, 0.5) is 5.69 Å². The van der Waals surface area contributed by atoms with Gasteiger partial charge in [-0.3, -0.25) is 4.79 Å². The van der Waals surface area contributed by atoms with Crippen molar-refractivity contribution in [1.82, 2.24) is 4.90 Å². The van der Waals surface area contributed by atoms with Crippen molar-refractivity contribution in [2.24, 2.45) is 0 Å². The van der Waals surface area contributed by atoms with E-state index >= 15 is 0 Å². The molecule has 0 aliphatic carbocycles. The molecule has 1 aromatic carbocycles. The third kappa shape index (κ3) is 2.86. The van der Waals surface area contributed by atoms with Gasteiger partial charge in [0.2, 0.25) is 0 Å². The lowest BCUT2D eigenvalue weighted by molar-refractivity contribution is 0.0566.